The van der Waals surface area contributed by atoms with Crippen molar-refractivity contribution in [2.45, 2.75) is 6.61 Å². The lowest BCUT2D eigenvalue weighted by molar-refractivity contribution is -0.142. The summed E-state index contributed by atoms with van der Waals surface area (Å²) in [7, 11) is 0. The fraction of sp³-hybridized carbons (Fsp3) is 0.0833. The van der Waals surface area contributed by atoms with Crippen molar-refractivity contribution in [1.82, 2.24) is 0 Å². The highest BCUT2D eigenvalue weighted by Crippen LogP contribution is 2.25. The Kier molecular flexibility index (Phi) is 8.56. The van der Waals surface area contributed by atoms with Crippen molar-refractivity contribution in [2.75, 3.05) is 11.9 Å². The number of nitrogens with one attached hydrogen (secondary N) is 1. The molecule has 32 heavy (non-hydrogen) atoms. The van der Waals surface area contributed by atoms with E-state index in [0.29, 0.717) is 33.1 Å². The Balaban J connectivity index is 1.45. The molecule has 0 heterocycles. The lowest BCUT2D eigenvalue weighted by atomic mass is 10.2. The summed E-state index contributed by atoms with van der Waals surface area (Å²) in [6.45, 7) is -0.107. The molecule has 0 fully saturated rings. The minimum atomic E-state index is -0.656. The van der Waals surface area contributed by atoms with Crippen molar-refractivity contribution in [1.29, 1.82) is 0 Å². The van der Waals surface area contributed by atoms with Crippen molar-refractivity contribution < 1.29 is 19.1 Å². The van der Waals surface area contributed by atoms with Gasteiger partial charge in [-0.05, 0) is 48.0 Å². The third-order valence-corrected chi connectivity index (χ3v) is 5.13. The number of carbonyl (C=O) groups is 2. The first-order valence-electron chi connectivity index (χ1n) is 9.47. The largest absolute Gasteiger partial charge is 0.489 e. The fourth-order valence-corrected chi connectivity index (χ4v) is 3.11. The van der Waals surface area contributed by atoms with Gasteiger partial charge in [0.25, 0.3) is 5.91 Å². The molecular weight excluding hydrogens is 473 g/mol. The molecule has 0 spiro atoms. The highest BCUT2D eigenvalue weighted by atomic mass is 35.5. The lowest BCUT2D eigenvalue weighted by Crippen LogP contribution is -2.20. The highest BCUT2D eigenvalue weighted by Gasteiger charge is 2.09. The maximum absolute atomic E-state index is 11.9. The fourth-order valence-electron chi connectivity index (χ4n) is 2.58. The van der Waals surface area contributed by atoms with E-state index >= 15 is 0 Å². The first-order valence-corrected chi connectivity index (χ1v) is 10.6. The van der Waals surface area contributed by atoms with Gasteiger partial charge in [-0.3, -0.25) is 4.79 Å². The molecule has 8 heteroatoms. The monoisotopic (exact) mass is 489 g/mol. The zero-order valence-corrected chi connectivity index (χ0v) is 19.0. The van der Waals surface area contributed by atoms with E-state index in [1.165, 1.54) is 12.1 Å². The van der Waals surface area contributed by atoms with Crippen LogP contribution in [0.1, 0.15) is 11.1 Å². The van der Waals surface area contributed by atoms with E-state index in [2.05, 4.69) is 5.32 Å². The van der Waals surface area contributed by atoms with Gasteiger partial charge < -0.3 is 14.8 Å². The van der Waals surface area contributed by atoms with Crippen molar-refractivity contribution in [3.63, 3.8) is 0 Å². The molecule has 1 N–H and O–H groups in total. The Hall–Kier alpha value is -2.99. The van der Waals surface area contributed by atoms with Crippen LogP contribution in [0, 0.1) is 0 Å². The summed E-state index contributed by atoms with van der Waals surface area (Å²) in [6, 6.07) is 19.3. The average molecular weight is 491 g/mol. The van der Waals surface area contributed by atoms with E-state index in [1.54, 1.807) is 42.5 Å². The molecule has 0 aliphatic rings. The number of halogens is 3. The minimum Gasteiger partial charge on any atom is -0.489 e. The normalized spacial score (nSPS) is 10.7. The Bertz CT molecular complexity index is 1130. The summed E-state index contributed by atoms with van der Waals surface area (Å²) in [6.07, 6.45) is 2.81. The van der Waals surface area contributed by atoms with Gasteiger partial charge in [-0.2, -0.15) is 0 Å². The van der Waals surface area contributed by atoms with E-state index in [-0.39, 0.29) is 0 Å². The van der Waals surface area contributed by atoms with Crippen LogP contribution in [0.5, 0.6) is 5.75 Å². The summed E-state index contributed by atoms with van der Waals surface area (Å²) in [5, 5.41) is 3.93. The third-order valence-electron chi connectivity index (χ3n) is 4.19. The molecule has 1 amide bonds. The Morgan fingerprint density at radius 2 is 1.66 bits per heavy atom. The molecule has 164 valence electrons. The average Bonchev–Trinajstić information content (AvgIpc) is 2.79. The summed E-state index contributed by atoms with van der Waals surface area (Å²) < 4.78 is 10.7. The Morgan fingerprint density at radius 1 is 0.906 bits per heavy atom. The quantitative estimate of drug-likeness (QED) is 0.292. The van der Waals surface area contributed by atoms with Crippen LogP contribution in [0.15, 0.2) is 72.8 Å². The minimum absolute atomic E-state index is 0.327. The van der Waals surface area contributed by atoms with Crippen molar-refractivity contribution in [3.05, 3.63) is 99.0 Å². The van der Waals surface area contributed by atoms with Gasteiger partial charge >= 0.3 is 5.97 Å². The molecule has 0 aliphatic carbocycles. The van der Waals surface area contributed by atoms with Crippen LogP contribution < -0.4 is 10.1 Å². The van der Waals surface area contributed by atoms with E-state index < -0.39 is 18.5 Å². The number of carbonyl (C=O) groups excluding carboxylic acids is 2. The number of esters is 1. The number of rotatable bonds is 8. The first kappa shape index (κ1) is 23.7. The molecule has 3 aromatic carbocycles. The van der Waals surface area contributed by atoms with Crippen molar-refractivity contribution in [2.24, 2.45) is 0 Å². The number of hydrogen-bond donors (Lipinski definition) is 1. The van der Waals surface area contributed by atoms with Gasteiger partial charge in [0.05, 0.1) is 10.7 Å². The zero-order valence-electron chi connectivity index (χ0n) is 16.7. The van der Waals surface area contributed by atoms with Gasteiger partial charge in [0.2, 0.25) is 0 Å². The molecule has 0 radical (unpaired) electrons. The molecule has 0 saturated carbocycles. The Labute approximate surface area is 200 Å². The van der Waals surface area contributed by atoms with Crippen LogP contribution in [0.4, 0.5) is 5.69 Å². The molecular formula is C24H18Cl3NO4. The zero-order chi connectivity index (χ0) is 22.9. The maximum Gasteiger partial charge on any atom is 0.331 e. The first-order chi connectivity index (χ1) is 15.4. The number of amides is 1. The third kappa shape index (κ3) is 7.31. The molecule has 3 rings (SSSR count). The smallest absolute Gasteiger partial charge is 0.331 e. The molecule has 0 saturated heterocycles. The summed E-state index contributed by atoms with van der Waals surface area (Å²) in [5.41, 5.74) is 2.00. The molecule has 0 atom stereocenters. The Morgan fingerprint density at radius 3 is 2.41 bits per heavy atom. The van der Waals surface area contributed by atoms with Gasteiger partial charge in [-0.15, -0.1) is 0 Å². The highest BCUT2D eigenvalue weighted by molar-refractivity contribution is 6.35. The van der Waals surface area contributed by atoms with Crippen molar-refractivity contribution >= 4 is 58.4 Å². The van der Waals surface area contributed by atoms with Crippen molar-refractivity contribution in [3.8, 4) is 5.75 Å². The molecule has 0 aliphatic heterocycles. The molecule has 0 bridgehead atoms. The van der Waals surface area contributed by atoms with Gasteiger partial charge in [0.15, 0.2) is 6.61 Å². The maximum atomic E-state index is 11.9. The number of hydrogen-bond acceptors (Lipinski definition) is 4. The standard InChI is InChI=1S/C24H18Cl3NO4/c25-18-8-11-21(27)22(13-18)28-23(29)15-32-24(30)12-7-16-5-9-19(10-6-16)31-14-17-3-1-2-4-20(17)26/h1-13H,14-15H2,(H,28,29). The van der Waals surface area contributed by atoms with Gasteiger partial charge in [0, 0.05) is 21.7 Å². The summed E-state index contributed by atoms with van der Waals surface area (Å²) in [5.74, 6) is -0.520. The predicted molar refractivity (Wildman–Crippen MR) is 127 cm³/mol. The van der Waals surface area contributed by atoms with E-state index in [4.69, 9.17) is 44.3 Å². The SMILES string of the molecule is O=C(COC(=O)C=Cc1ccc(OCc2ccccc2Cl)cc1)Nc1cc(Cl)ccc1Cl. The molecule has 0 unspecified atom stereocenters. The predicted octanol–water partition coefficient (Wildman–Crippen LogP) is 6.42. The van der Waals surface area contributed by atoms with E-state index in [0.717, 1.165) is 11.1 Å². The van der Waals surface area contributed by atoms with E-state index in [1.807, 2.05) is 24.3 Å². The number of anilines is 1. The number of benzene rings is 3. The van der Waals surface area contributed by atoms with Crippen LogP contribution in [0.25, 0.3) is 6.08 Å². The van der Waals surface area contributed by atoms with Gasteiger partial charge in [-0.1, -0.05) is 65.1 Å². The van der Waals surface area contributed by atoms with Gasteiger partial charge in [-0.25, -0.2) is 4.79 Å². The van der Waals surface area contributed by atoms with Crippen LogP contribution in [-0.2, 0) is 20.9 Å². The molecule has 3 aromatic rings. The molecule has 0 aromatic heterocycles. The van der Waals surface area contributed by atoms with E-state index in [9.17, 15) is 9.59 Å². The second-order valence-electron chi connectivity index (χ2n) is 6.56. The second-order valence-corrected chi connectivity index (χ2v) is 7.81. The van der Waals surface area contributed by atoms with Crippen LogP contribution >= 0.6 is 34.8 Å². The second kappa shape index (κ2) is 11.6. The van der Waals surface area contributed by atoms with Crippen LogP contribution in [0.3, 0.4) is 0 Å². The number of ether oxygens (including phenoxy) is 2. The lowest BCUT2D eigenvalue weighted by Gasteiger charge is -2.08. The van der Waals surface area contributed by atoms with Crippen LogP contribution in [0.2, 0.25) is 15.1 Å². The summed E-state index contributed by atoms with van der Waals surface area (Å²) >= 11 is 18.0. The van der Waals surface area contributed by atoms with Gasteiger partial charge in [0.1, 0.15) is 12.4 Å². The molecule has 5 nitrogen and oxygen atoms in total. The summed E-state index contributed by atoms with van der Waals surface area (Å²) in [4.78, 5) is 23.8. The topological polar surface area (TPSA) is 64.6 Å². The van der Waals surface area contributed by atoms with Crippen LogP contribution in [-0.4, -0.2) is 18.5 Å².